The number of nitrogens with two attached hydrogens (primary N) is 1. The van der Waals surface area contributed by atoms with Crippen LogP contribution in [0.5, 0.6) is 0 Å². The van der Waals surface area contributed by atoms with Crippen LogP contribution < -0.4 is 5.73 Å². The number of ether oxygens (including phenoxy) is 1. The summed E-state index contributed by atoms with van der Waals surface area (Å²) in [6.45, 7) is 14.6. The predicted molar refractivity (Wildman–Crippen MR) is 80.6 cm³/mol. The first-order valence-electron chi connectivity index (χ1n) is 7.06. The number of aryl methyl sites for hydroxylation is 1. The quantitative estimate of drug-likeness (QED) is 0.886. The SMILES string of the molecule is Cc1ccc(C(C)(C)C)cc1C1(C(C)(C)N)COC1. The first kappa shape index (κ1) is 14.5. The van der Waals surface area contributed by atoms with Gasteiger partial charge in [-0.15, -0.1) is 0 Å². The van der Waals surface area contributed by atoms with Crippen LogP contribution in [0.15, 0.2) is 18.2 Å². The summed E-state index contributed by atoms with van der Waals surface area (Å²) < 4.78 is 5.52. The lowest BCUT2D eigenvalue weighted by Gasteiger charge is -2.52. The van der Waals surface area contributed by atoms with E-state index in [-0.39, 0.29) is 16.4 Å². The molecular weight excluding hydrogens is 234 g/mol. The summed E-state index contributed by atoms with van der Waals surface area (Å²) >= 11 is 0. The Morgan fingerprint density at radius 1 is 1.11 bits per heavy atom. The van der Waals surface area contributed by atoms with Gasteiger partial charge >= 0.3 is 0 Å². The topological polar surface area (TPSA) is 35.2 Å². The molecule has 1 aromatic carbocycles. The van der Waals surface area contributed by atoms with Crippen molar-refractivity contribution in [2.24, 2.45) is 5.73 Å². The standard InChI is InChI=1S/C17H27NO/c1-12-7-8-13(15(2,3)4)9-14(12)17(10-19-11-17)16(5,6)18/h7-9H,10-11,18H2,1-6H3. The smallest absolute Gasteiger partial charge is 0.0603 e. The molecule has 0 spiro atoms. The second-order valence-corrected chi connectivity index (χ2v) is 7.58. The highest BCUT2D eigenvalue weighted by Gasteiger charge is 2.51. The van der Waals surface area contributed by atoms with E-state index in [4.69, 9.17) is 10.5 Å². The highest BCUT2D eigenvalue weighted by atomic mass is 16.5. The summed E-state index contributed by atoms with van der Waals surface area (Å²) in [6.07, 6.45) is 0. The predicted octanol–water partition coefficient (Wildman–Crippen LogP) is 3.30. The summed E-state index contributed by atoms with van der Waals surface area (Å²) in [7, 11) is 0. The van der Waals surface area contributed by atoms with Crippen molar-refractivity contribution >= 4 is 0 Å². The number of benzene rings is 1. The van der Waals surface area contributed by atoms with Crippen molar-refractivity contribution in [1.82, 2.24) is 0 Å². The van der Waals surface area contributed by atoms with Crippen molar-refractivity contribution in [3.63, 3.8) is 0 Å². The molecule has 0 radical (unpaired) electrons. The summed E-state index contributed by atoms with van der Waals surface area (Å²) in [5.74, 6) is 0. The molecule has 0 unspecified atom stereocenters. The van der Waals surface area contributed by atoms with E-state index < -0.39 is 0 Å². The lowest BCUT2D eigenvalue weighted by molar-refractivity contribution is -0.0922. The van der Waals surface area contributed by atoms with Crippen LogP contribution in [0.2, 0.25) is 0 Å². The van der Waals surface area contributed by atoms with Gasteiger partial charge in [0.15, 0.2) is 0 Å². The largest absolute Gasteiger partial charge is 0.379 e. The Balaban J connectivity index is 2.56. The van der Waals surface area contributed by atoms with Crippen molar-refractivity contribution in [2.45, 2.75) is 57.9 Å². The molecule has 0 aromatic heterocycles. The van der Waals surface area contributed by atoms with E-state index >= 15 is 0 Å². The van der Waals surface area contributed by atoms with Gasteiger partial charge in [-0.25, -0.2) is 0 Å². The maximum atomic E-state index is 6.46. The van der Waals surface area contributed by atoms with Gasteiger partial charge in [-0.3, -0.25) is 0 Å². The molecule has 1 aliphatic heterocycles. The molecule has 0 atom stereocenters. The maximum Gasteiger partial charge on any atom is 0.0603 e. The molecule has 1 saturated heterocycles. The Kier molecular flexibility index (Phi) is 3.31. The summed E-state index contributed by atoms with van der Waals surface area (Å²) in [4.78, 5) is 0. The van der Waals surface area contributed by atoms with E-state index in [1.54, 1.807) is 0 Å². The van der Waals surface area contributed by atoms with Gasteiger partial charge < -0.3 is 10.5 Å². The first-order valence-corrected chi connectivity index (χ1v) is 7.06. The monoisotopic (exact) mass is 261 g/mol. The molecule has 0 bridgehead atoms. The van der Waals surface area contributed by atoms with Crippen LogP contribution in [0.25, 0.3) is 0 Å². The second-order valence-electron chi connectivity index (χ2n) is 7.58. The Labute approximate surface area is 117 Å². The van der Waals surface area contributed by atoms with Crippen molar-refractivity contribution in [1.29, 1.82) is 0 Å². The van der Waals surface area contributed by atoms with Crippen LogP contribution in [0.1, 0.15) is 51.3 Å². The zero-order valence-corrected chi connectivity index (χ0v) is 13.1. The fourth-order valence-electron chi connectivity index (χ4n) is 2.78. The molecule has 106 valence electrons. The van der Waals surface area contributed by atoms with Gasteiger partial charge in [0.05, 0.1) is 18.6 Å². The summed E-state index contributed by atoms with van der Waals surface area (Å²) in [6, 6.07) is 6.80. The van der Waals surface area contributed by atoms with Gasteiger partial charge in [0.25, 0.3) is 0 Å². The molecule has 1 aromatic rings. The minimum Gasteiger partial charge on any atom is -0.379 e. The molecule has 0 amide bonds. The maximum absolute atomic E-state index is 6.46. The molecule has 2 N–H and O–H groups in total. The van der Waals surface area contributed by atoms with Crippen LogP contribution in [0, 0.1) is 6.92 Å². The van der Waals surface area contributed by atoms with Gasteiger partial charge in [0.2, 0.25) is 0 Å². The normalized spacial score (nSPS) is 19.1. The zero-order chi connectivity index (χ0) is 14.5. The third-order valence-corrected chi connectivity index (χ3v) is 4.55. The van der Waals surface area contributed by atoms with Crippen LogP contribution >= 0.6 is 0 Å². The summed E-state index contributed by atoms with van der Waals surface area (Å²) in [5.41, 5.74) is 10.3. The second kappa shape index (κ2) is 4.32. The van der Waals surface area contributed by atoms with Gasteiger partial charge in [-0.2, -0.15) is 0 Å². The molecule has 0 aliphatic carbocycles. The highest BCUT2D eigenvalue weighted by molar-refractivity contribution is 5.43. The van der Waals surface area contributed by atoms with Gasteiger partial charge in [-0.05, 0) is 42.9 Å². The third kappa shape index (κ3) is 2.32. The Morgan fingerprint density at radius 3 is 2.05 bits per heavy atom. The van der Waals surface area contributed by atoms with E-state index in [0.29, 0.717) is 0 Å². The van der Waals surface area contributed by atoms with Crippen LogP contribution in [0.3, 0.4) is 0 Å². The molecule has 2 nitrogen and oxygen atoms in total. The molecule has 2 heteroatoms. The third-order valence-electron chi connectivity index (χ3n) is 4.55. The van der Waals surface area contributed by atoms with Crippen molar-refractivity contribution < 1.29 is 4.74 Å². The molecule has 0 saturated carbocycles. The number of rotatable bonds is 2. The number of hydrogen-bond donors (Lipinski definition) is 1. The number of hydrogen-bond acceptors (Lipinski definition) is 2. The zero-order valence-electron chi connectivity index (χ0n) is 13.1. The average molecular weight is 261 g/mol. The van der Waals surface area contributed by atoms with E-state index in [1.165, 1.54) is 16.7 Å². The molecular formula is C17H27NO. The minimum atomic E-state index is -0.271. The van der Waals surface area contributed by atoms with E-state index in [1.807, 2.05) is 0 Å². The summed E-state index contributed by atoms with van der Waals surface area (Å²) in [5, 5.41) is 0. The Bertz CT molecular complexity index is 473. The molecule has 19 heavy (non-hydrogen) atoms. The van der Waals surface area contributed by atoms with Gasteiger partial charge in [0, 0.05) is 5.54 Å². The van der Waals surface area contributed by atoms with Crippen molar-refractivity contribution in [3.8, 4) is 0 Å². The Hall–Kier alpha value is -0.860. The molecule has 2 rings (SSSR count). The van der Waals surface area contributed by atoms with Crippen LogP contribution in [0.4, 0.5) is 0 Å². The highest BCUT2D eigenvalue weighted by Crippen LogP contribution is 2.43. The lowest BCUT2D eigenvalue weighted by Crippen LogP contribution is -2.65. The Morgan fingerprint density at radius 2 is 1.68 bits per heavy atom. The van der Waals surface area contributed by atoms with Crippen LogP contribution in [-0.4, -0.2) is 18.8 Å². The fourth-order valence-corrected chi connectivity index (χ4v) is 2.78. The lowest BCUT2D eigenvalue weighted by atomic mass is 9.64. The average Bonchev–Trinajstić information content (AvgIpc) is 2.14. The van der Waals surface area contributed by atoms with Crippen molar-refractivity contribution in [3.05, 3.63) is 34.9 Å². The molecule has 1 fully saturated rings. The van der Waals surface area contributed by atoms with Crippen LogP contribution in [-0.2, 0) is 15.6 Å². The van der Waals surface area contributed by atoms with E-state index in [0.717, 1.165) is 13.2 Å². The molecule has 1 aliphatic rings. The van der Waals surface area contributed by atoms with E-state index in [2.05, 4.69) is 59.7 Å². The van der Waals surface area contributed by atoms with Gasteiger partial charge in [-0.1, -0.05) is 39.0 Å². The first-order chi connectivity index (χ1) is 8.58. The van der Waals surface area contributed by atoms with Gasteiger partial charge in [0.1, 0.15) is 0 Å². The minimum absolute atomic E-state index is 0.0433. The van der Waals surface area contributed by atoms with Crippen molar-refractivity contribution in [2.75, 3.05) is 13.2 Å². The molecule has 1 heterocycles. The van der Waals surface area contributed by atoms with E-state index in [9.17, 15) is 0 Å². The fraction of sp³-hybridized carbons (Fsp3) is 0.647.